The summed E-state index contributed by atoms with van der Waals surface area (Å²) < 4.78 is 36.4. The number of guanidine groups is 1. The summed E-state index contributed by atoms with van der Waals surface area (Å²) in [6.45, 7) is 3.01. The molecule has 0 bridgehead atoms. The van der Waals surface area contributed by atoms with E-state index >= 15 is 0 Å². The zero-order valence-electron chi connectivity index (χ0n) is 12.1. The number of halogens is 4. The van der Waals surface area contributed by atoms with Crippen molar-refractivity contribution in [3.8, 4) is 0 Å². The predicted octanol–water partition coefficient (Wildman–Crippen LogP) is 3.76. The van der Waals surface area contributed by atoms with Crippen LogP contribution in [0.1, 0.15) is 18.2 Å². The lowest BCUT2D eigenvalue weighted by Crippen LogP contribution is -2.40. The molecule has 1 aromatic rings. The van der Waals surface area contributed by atoms with Crippen molar-refractivity contribution in [2.45, 2.75) is 25.9 Å². The summed E-state index contributed by atoms with van der Waals surface area (Å²) in [7, 11) is 1.84. The second-order valence-corrected chi connectivity index (χ2v) is 5.38. The molecular formula is C13H21F3IN3S. The van der Waals surface area contributed by atoms with E-state index in [9.17, 15) is 13.2 Å². The maximum absolute atomic E-state index is 12.1. The number of nitrogens with one attached hydrogen (secondary N) is 1. The molecule has 0 aromatic carbocycles. The van der Waals surface area contributed by atoms with Crippen LogP contribution in [0.2, 0.25) is 0 Å². The quantitative estimate of drug-likeness (QED) is 0.419. The smallest absolute Gasteiger partial charge is 0.357 e. The van der Waals surface area contributed by atoms with Gasteiger partial charge >= 0.3 is 6.18 Å². The lowest BCUT2D eigenvalue weighted by molar-refractivity contribution is -0.132. The van der Waals surface area contributed by atoms with Crippen LogP contribution >= 0.6 is 35.3 Å². The molecular weight excluding hydrogens is 414 g/mol. The van der Waals surface area contributed by atoms with Crippen LogP contribution in [0.4, 0.5) is 13.2 Å². The molecule has 0 amide bonds. The van der Waals surface area contributed by atoms with Gasteiger partial charge in [-0.05, 0) is 24.8 Å². The van der Waals surface area contributed by atoms with E-state index in [1.54, 1.807) is 11.3 Å². The van der Waals surface area contributed by atoms with Gasteiger partial charge in [0.05, 0.1) is 13.0 Å². The van der Waals surface area contributed by atoms with Crippen molar-refractivity contribution in [1.82, 2.24) is 10.2 Å². The molecule has 0 fully saturated rings. The van der Waals surface area contributed by atoms with Crippen LogP contribution in [-0.4, -0.2) is 43.7 Å². The monoisotopic (exact) mass is 435 g/mol. The van der Waals surface area contributed by atoms with Gasteiger partial charge in [0.1, 0.15) is 0 Å². The van der Waals surface area contributed by atoms with E-state index in [1.165, 1.54) is 4.88 Å². The second-order valence-electron chi connectivity index (χ2n) is 4.35. The van der Waals surface area contributed by atoms with Crippen LogP contribution < -0.4 is 5.32 Å². The highest BCUT2D eigenvalue weighted by Gasteiger charge is 2.26. The van der Waals surface area contributed by atoms with Gasteiger partial charge in [0, 0.05) is 25.0 Å². The van der Waals surface area contributed by atoms with Gasteiger partial charge in [-0.15, -0.1) is 35.3 Å². The Bertz CT molecular complexity index is 407. The van der Waals surface area contributed by atoms with Crippen molar-refractivity contribution in [1.29, 1.82) is 0 Å². The van der Waals surface area contributed by atoms with Crippen molar-refractivity contribution < 1.29 is 13.2 Å². The molecule has 1 N–H and O–H groups in total. The average molecular weight is 435 g/mol. The third kappa shape index (κ3) is 9.18. The Hall–Kier alpha value is -0.510. The van der Waals surface area contributed by atoms with Gasteiger partial charge in [-0.25, -0.2) is 0 Å². The molecule has 8 heteroatoms. The summed E-state index contributed by atoms with van der Waals surface area (Å²) in [5.41, 5.74) is 0. The average Bonchev–Trinajstić information content (AvgIpc) is 2.86. The van der Waals surface area contributed by atoms with Crippen LogP contribution in [-0.2, 0) is 6.42 Å². The van der Waals surface area contributed by atoms with Crippen molar-refractivity contribution >= 4 is 41.3 Å². The molecule has 0 saturated heterocycles. The van der Waals surface area contributed by atoms with E-state index in [2.05, 4.69) is 10.3 Å². The number of hydrogen-bond acceptors (Lipinski definition) is 2. The van der Waals surface area contributed by atoms with Gasteiger partial charge in [-0.3, -0.25) is 4.99 Å². The van der Waals surface area contributed by atoms with Gasteiger partial charge in [-0.1, -0.05) is 6.07 Å². The largest absolute Gasteiger partial charge is 0.390 e. The molecule has 1 rings (SSSR count). The van der Waals surface area contributed by atoms with E-state index in [1.807, 2.05) is 36.4 Å². The fraction of sp³-hybridized carbons (Fsp3) is 0.615. The van der Waals surface area contributed by atoms with E-state index in [-0.39, 0.29) is 30.5 Å². The molecule has 0 aliphatic carbocycles. The summed E-state index contributed by atoms with van der Waals surface area (Å²) in [5.74, 6) is 0.522. The van der Waals surface area contributed by atoms with Crippen molar-refractivity contribution in [2.24, 2.45) is 4.99 Å². The van der Waals surface area contributed by atoms with Gasteiger partial charge in [0.15, 0.2) is 5.96 Å². The Kier molecular flexibility index (Phi) is 10.0. The summed E-state index contributed by atoms with van der Waals surface area (Å²) in [5, 5.41) is 5.02. The fourth-order valence-corrected chi connectivity index (χ4v) is 2.30. The molecule has 0 spiro atoms. The molecule has 0 atom stereocenters. The van der Waals surface area contributed by atoms with E-state index in [4.69, 9.17) is 0 Å². The van der Waals surface area contributed by atoms with Crippen molar-refractivity contribution in [3.63, 3.8) is 0 Å². The molecule has 0 unspecified atom stereocenters. The number of nitrogens with zero attached hydrogens (tertiary/aromatic N) is 2. The maximum Gasteiger partial charge on any atom is 0.390 e. The van der Waals surface area contributed by atoms with Crippen LogP contribution in [0.5, 0.6) is 0 Å². The Morgan fingerprint density at radius 2 is 2.14 bits per heavy atom. The lowest BCUT2D eigenvalue weighted by Gasteiger charge is -2.21. The van der Waals surface area contributed by atoms with Crippen LogP contribution in [0.3, 0.4) is 0 Å². The van der Waals surface area contributed by atoms with Gasteiger partial charge in [-0.2, -0.15) is 13.2 Å². The third-order valence-electron chi connectivity index (χ3n) is 2.63. The molecule has 0 radical (unpaired) electrons. The first-order chi connectivity index (χ1) is 9.42. The van der Waals surface area contributed by atoms with Crippen LogP contribution in [0.15, 0.2) is 22.5 Å². The van der Waals surface area contributed by atoms with E-state index < -0.39 is 12.6 Å². The Morgan fingerprint density at radius 1 is 1.43 bits per heavy atom. The summed E-state index contributed by atoms with van der Waals surface area (Å²) >= 11 is 1.68. The molecule has 0 saturated carbocycles. The highest BCUT2D eigenvalue weighted by Crippen LogP contribution is 2.19. The van der Waals surface area contributed by atoms with Crippen LogP contribution in [0.25, 0.3) is 0 Å². The minimum Gasteiger partial charge on any atom is -0.357 e. The zero-order chi connectivity index (χ0) is 15.0. The van der Waals surface area contributed by atoms with Crippen LogP contribution in [0, 0.1) is 0 Å². The number of rotatable bonds is 6. The molecule has 0 aliphatic rings. The Morgan fingerprint density at radius 3 is 2.67 bits per heavy atom. The number of hydrogen-bond donors (Lipinski definition) is 1. The second kappa shape index (κ2) is 10.3. The predicted molar refractivity (Wildman–Crippen MR) is 92.7 cm³/mol. The number of likely N-dealkylation sites (N-methyl/N-ethyl adjacent to an activating group) is 1. The molecule has 3 nitrogen and oxygen atoms in total. The Balaban J connectivity index is 0.00000400. The molecule has 0 aliphatic heterocycles. The third-order valence-corrected chi connectivity index (χ3v) is 3.56. The summed E-state index contributed by atoms with van der Waals surface area (Å²) in [6, 6.07) is 4.04. The minimum absolute atomic E-state index is 0. The number of aliphatic imine (C=N–C) groups is 1. The lowest BCUT2D eigenvalue weighted by atomic mass is 10.3. The first-order valence-corrected chi connectivity index (χ1v) is 7.39. The van der Waals surface area contributed by atoms with E-state index in [0.29, 0.717) is 12.5 Å². The number of alkyl halides is 3. The van der Waals surface area contributed by atoms with E-state index in [0.717, 1.165) is 13.0 Å². The summed E-state index contributed by atoms with van der Waals surface area (Å²) in [4.78, 5) is 7.13. The van der Waals surface area contributed by atoms with Crippen molar-refractivity contribution in [2.75, 3.05) is 26.7 Å². The maximum atomic E-state index is 12.1. The van der Waals surface area contributed by atoms with Gasteiger partial charge < -0.3 is 10.2 Å². The first-order valence-electron chi connectivity index (χ1n) is 6.51. The number of thiophene rings is 1. The Labute approximate surface area is 144 Å². The van der Waals surface area contributed by atoms with Gasteiger partial charge in [0.2, 0.25) is 0 Å². The molecule has 122 valence electrons. The molecule has 1 aromatic heterocycles. The molecule has 21 heavy (non-hydrogen) atoms. The zero-order valence-corrected chi connectivity index (χ0v) is 15.3. The summed E-state index contributed by atoms with van der Waals surface area (Å²) in [6.07, 6.45) is -4.19. The molecule has 1 heterocycles. The normalized spacial score (nSPS) is 12.0. The first kappa shape index (κ1) is 20.5. The van der Waals surface area contributed by atoms with Gasteiger partial charge in [0.25, 0.3) is 0 Å². The fourth-order valence-electron chi connectivity index (χ4n) is 1.60. The highest BCUT2D eigenvalue weighted by molar-refractivity contribution is 14.0. The topological polar surface area (TPSA) is 27.6 Å². The standard InChI is InChI=1S/C13H20F3N3S.HI/c1-3-17-12(18-8-7-13(14,15)16)19(2)9-6-11-5-4-10-20-11;/h4-5,10H,3,6-9H2,1-2H3,(H,17,18);1H. The highest BCUT2D eigenvalue weighted by atomic mass is 127. The van der Waals surface area contributed by atoms with Crippen molar-refractivity contribution in [3.05, 3.63) is 22.4 Å². The SMILES string of the molecule is CCNC(=NCCC(F)(F)F)N(C)CCc1cccs1.I. The minimum atomic E-state index is -4.16.